The molecule has 1 N–H and O–H groups in total. The molecular formula is C14H16N2O2S. The Labute approximate surface area is 116 Å². The van der Waals surface area contributed by atoms with Crippen LogP contribution in [0.4, 0.5) is 0 Å². The number of nitrogens with zero attached hydrogens (tertiary/aromatic N) is 2. The van der Waals surface area contributed by atoms with Crippen LogP contribution in [0, 0.1) is 0 Å². The molecule has 1 aromatic heterocycles. The van der Waals surface area contributed by atoms with E-state index in [0.717, 1.165) is 10.6 Å². The molecule has 0 atom stereocenters. The Morgan fingerprint density at radius 1 is 1.37 bits per heavy atom. The largest absolute Gasteiger partial charge is 0.478 e. The zero-order chi connectivity index (χ0) is 13.8. The Kier molecular flexibility index (Phi) is 4.27. The molecule has 100 valence electrons. The first-order chi connectivity index (χ1) is 9.08. The van der Waals surface area contributed by atoms with Crippen LogP contribution in [0.15, 0.2) is 41.4 Å². The van der Waals surface area contributed by atoms with E-state index in [2.05, 4.69) is 18.9 Å². The summed E-state index contributed by atoms with van der Waals surface area (Å²) in [6, 6.07) is 9.34. The summed E-state index contributed by atoms with van der Waals surface area (Å²) in [5, 5.41) is 13.6. The molecule has 2 rings (SSSR count). The van der Waals surface area contributed by atoms with Gasteiger partial charge >= 0.3 is 5.97 Å². The first kappa shape index (κ1) is 13.7. The van der Waals surface area contributed by atoms with Gasteiger partial charge in [-0.05, 0) is 32.0 Å². The van der Waals surface area contributed by atoms with Gasteiger partial charge in [0.15, 0.2) is 0 Å². The number of benzene rings is 1. The average Bonchev–Trinajstić information content (AvgIpc) is 2.85. The van der Waals surface area contributed by atoms with Crippen LogP contribution in [0.2, 0.25) is 0 Å². The molecule has 0 bridgehead atoms. The van der Waals surface area contributed by atoms with Crippen molar-refractivity contribution in [2.24, 2.45) is 0 Å². The van der Waals surface area contributed by atoms with E-state index in [-0.39, 0.29) is 0 Å². The summed E-state index contributed by atoms with van der Waals surface area (Å²) in [5.41, 5.74) is 1.30. The number of carboxylic acids is 1. The summed E-state index contributed by atoms with van der Waals surface area (Å²) in [6.07, 6.45) is 1.95. The maximum absolute atomic E-state index is 11.1. The molecule has 0 aliphatic carbocycles. The van der Waals surface area contributed by atoms with Crippen LogP contribution in [-0.4, -0.2) is 20.9 Å². The van der Waals surface area contributed by atoms with Gasteiger partial charge in [0.25, 0.3) is 0 Å². The fraction of sp³-hybridized carbons (Fsp3) is 0.286. The Bertz CT molecular complexity index is 578. The molecule has 5 heteroatoms. The molecule has 0 radical (unpaired) electrons. The lowest BCUT2D eigenvalue weighted by Gasteiger charge is -2.05. The van der Waals surface area contributed by atoms with Crippen LogP contribution >= 0.6 is 11.8 Å². The molecule has 0 fully saturated rings. The van der Waals surface area contributed by atoms with Gasteiger partial charge in [-0.2, -0.15) is 5.10 Å². The van der Waals surface area contributed by atoms with Crippen molar-refractivity contribution in [2.75, 3.05) is 0 Å². The molecule has 19 heavy (non-hydrogen) atoms. The fourth-order valence-corrected chi connectivity index (χ4v) is 2.61. The van der Waals surface area contributed by atoms with Crippen molar-refractivity contribution >= 4 is 17.7 Å². The van der Waals surface area contributed by atoms with E-state index in [9.17, 15) is 4.79 Å². The standard InChI is InChI=1S/C14H16N2O2S/c1-10(2)16-8-7-11(15-16)9-19-13-6-4-3-5-12(13)14(17)18/h3-8,10H,9H2,1-2H3,(H,17,18). The van der Waals surface area contributed by atoms with Gasteiger partial charge in [0, 0.05) is 22.9 Å². The summed E-state index contributed by atoms with van der Waals surface area (Å²) >= 11 is 1.50. The van der Waals surface area contributed by atoms with E-state index < -0.39 is 5.97 Å². The fourth-order valence-electron chi connectivity index (χ4n) is 1.66. The van der Waals surface area contributed by atoms with Crippen LogP contribution in [-0.2, 0) is 5.75 Å². The van der Waals surface area contributed by atoms with Crippen molar-refractivity contribution in [3.8, 4) is 0 Å². The van der Waals surface area contributed by atoms with E-state index >= 15 is 0 Å². The molecule has 1 heterocycles. The monoisotopic (exact) mass is 276 g/mol. The highest BCUT2D eigenvalue weighted by Crippen LogP contribution is 2.25. The Balaban J connectivity index is 2.08. The summed E-state index contributed by atoms with van der Waals surface area (Å²) in [5.74, 6) is -0.222. The second-order valence-corrected chi connectivity index (χ2v) is 5.49. The van der Waals surface area contributed by atoms with Crippen molar-refractivity contribution in [1.29, 1.82) is 0 Å². The predicted molar refractivity (Wildman–Crippen MR) is 75.6 cm³/mol. The number of rotatable bonds is 5. The Hall–Kier alpha value is -1.75. The summed E-state index contributed by atoms with van der Waals surface area (Å²) in [4.78, 5) is 11.9. The summed E-state index contributed by atoms with van der Waals surface area (Å²) in [7, 11) is 0. The molecule has 1 aromatic carbocycles. The minimum Gasteiger partial charge on any atom is -0.478 e. The van der Waals surface area contributed by atoms with E-state index in [4.69, 9.17) is 5.11 Å². The molecule has 0 spiro atoms. The maximum atomic E-state index is 11.1. The Morgan fingerprint density at radius 2 is 2.11 bits per heavy atom. The van der Waals surface area contributed by atoms with Gasteiger partial charge in [0.2, 0.25) is 0 Å². The molecule has 4 nitrogen and oxygen atoms in total. The number of carbonyl (C=O) groups is 1. The topological polar surface area (TPSA) is 55.1 Å². The third-order valence-corrected chi connectivity index (χ3v) is 3.79. The molecule has 0 saturated carbocycles. The van der Waals surface area contributed by atoms with Gasteiger partial charge in [-0.1, -0.05) is 12.1 Å². The van der Waals surface area contributed by atoms with Crippen LogP contribution in [0.3, 0.4) is 0 Å². The number of hydrogen-bond donors (Lipinski definition) is 1. The van der Waals surface area contributed by atoms with E-state index in [1.54, 1.807) is 12.1 Å². The van der Waals surface area contributed by atoms with Gasteiger partial charge < -0.3 is 5.11 Å². The van der Waals surface area contributed by atoms with E-state index in [1.165, 1.54) is 11.8 Å². The number of aromatic carboxylic acids is 1. The van der Waals surface area contributed by atoms with E-state index in [0.29, 0.717) is 17.4 Å². The molecule has 0 saturated heterocycles. The first-order valence-electron chi connectivity index (χ1n) is 6.07. The normalized spacial score (nSPS) is 10.9. The highest BCUT2D eigenvalue weighted by molar-refractivity contribution is 7.98. The minimum atomic E-state index is -0.893. The predicted octanol–water partition coefficient (Wildman–Crippen LogP) is 3.45. The zero-order valence-corrected chi connectivity index (χ0v) is 11.7. The molecule has 0 amide bonds. The highest BCUT2D eigenvalue weighted by atomic mass is 32.2. The van der Waals surface area contributed by atoms with Gasteiger partial charge in [-0.15, -0.1) is 11.8 Å². The van der Waals surface area contributed by atoms with Crippen molar-refractivity contribution < 1.29 is 9.90 Å². The lowest BCUT2D eigenvalue weighted by atomic mass is 10.2. The van der Waals surface area contributed by atoms with Gasteiger partial charge in [-0.25, -0.2) is 4.79 Å². The maximum Gasteiger partial charge on any atom is 0.336 e. The first-order valence-corrected chi connectivity index (χ1v) is 7.05. The smallest absolute Gasteiger partial charge is 0.336 e. The second-order valence-electron chi connectivity index (χ2n) is 4.47. The average molecular weight is 276 g/mol. The van der Waals surface area contributed by atoms with Crippen LogP contribution < -0.4 is 0 Å². The second kappa shape index (κ2) is 5.93. The molecule has 0 aliphatic rings. The lowest BCUT2D eigenvalue weighted by molar-refractivity contribution is 0.0693. The van der Waals surface area contributed by atoms with Crippen molar-refractivity contribution in [3.63, 3.8) is 0 Å². The van der Waals surface area contributed by atoms with Crippen molar-refractivity contribution in [3.05, 3.63) is 47.8 Å². The molecule has 0 unspecified atom stereocenters. The SMILES string of the molecule is CC(C)n1ccc(CSc2ccccc2C(=O)O)n1. The lowest BCUT2D eigenvalue weighted by Crippen LogP contribution is -2.01. The number of aromatic nitrogens is 2. The van der Waals surface area contributed by atoms with Crippen LogP contribution in [0.1, 0.15) is 35.9 Å². The van der Waals surface area contributed by atoms with Gasteiger partial charge in [-0.3, -0.25) is 4.68 Å². The molecule has 0 aliphatic heterocycles. The van der Waals surface area contributed by atoms with Crippen molar-refractivity contribution in [2.45, 2.75) is 30.5 Å². The molecule has 2 aromatic rings. The number of carboxylic acid groups (broad SMARTS) is 1. The number of thioether (sulfide) groups is 1. The number of hydrogen-bond acceptors (Lipinski definition) is 3. The van der Waals surface area contributed by atoms with E-state index in [1.807, 2.05) is 29.1 Å². The summed E-state index contributed by atoms with van der Waals surface area (Å²) in [6.45, 7) is 4.15. The third kappa shape index (κ3) is 3.38. The molecular weight excluding hydrogens is 260 g/mol. The van der Waals surface area contributed by atoms with Gasteiger partial charge in [0.05, 0.1) is 11.3 Å². The quantitative estimate of drug-likeness (QED) is 0.850. The van der Waals surface area contributed by atoms with Crippen molar-refractivity contribution in [1.82, 2.24) is 9.78 Å². The highest BCUT2D eigenvalue weighted by Gasteiger charge is 2.10. The van der Waals surface area contributed by atoms with Crippen LogP contribution in [0.5, 0.6) is 0 Å². The Morgan fingerprint density at radius 3 is 2.74 bits per heavy atom. The zero-order valence-electron chi connectivity index (χ0n) is 10.9. The van der Waals surface area contributed by atoms with Gasteiger partial charge in [0.1, 0.15) is 0 Å². The summed E-state index contributed by atoms with van der Waals surface area (Å²) < 4.78 is 1.90. The minimum absolute atomic E-state index is 0.338. The van der Waals surface area contributed by atoms with Crippen LogP contribution in [0.25, 0.3) is 0 Å². The third-order valence-electron chi connectivity index (χ3n) is 2.69.